The lowest BCUT2D eigenvalue weighted by molar-refractivity contribution is -0.889. The molecule has 0 fully saturated rings. The minimum absolute atomic E-state index is 0.0416. The summed E-state index contributed by atoms with van der Waals surface area (Å²) in [6.07, 6.45) is 36.2. The van der Waals surface area contributed by atoms with E-state index in [-0.39, 0.29) is 42.7 Å². The molecule has 0 rings (SSSR count). The van der Waals surface area contributed by atoms with E-state index in [0.29, 0.717) is 12.8 Å². The monoisotopic (exact) mass is 722 g/mol. The molecule has 298 valence electrons. The summed E-state index contributed by atoms with van der Waals surface area (Å²) in [5.41, 5.74) is 0. The van der Waals surface area contributed by atoms with Crippen molar-refractivity contribution in [2.45, 2.75) is 193 Å². The van der Waals surface area contributed by atoms with Crippen molar-refractivity contribution in [3.05, 3.63) is 24.3 Å². The maximum absolute atomic E-state index is 12.6. The third kappa shape index (κ3) is 33.4. The number of likely N-dealkylation sites (N-methyl/N-ethyl adjacent to an activating group) is 1. The van der Waals surface area contributed by atoms with Crippen LogP contribution in [0, 0.1) is 0 Å². The number of hydrogen-bond donors (Lipinski definition) is 0. The number of carbonyl (C=O) groups excluding carboxylic acids is 3. The molecular weight excluding hydrogens is 642 g/mol. The first kappa shape index (κ1) is 48.8. The molecule has 0 bridgehead atoms. The van der Waals surface area contributed by atoms with Crippen molar-refractivity contribution in [1.29, 1.82) is 0 Å². The van der Waals surface area contributed by atoms with E-state index in [1.807, 2.05) is 0 Å². The normalized spacial score (nSPS) is 13.2. The maximum atomic E-state index is 12.6. The van der Waals surface area contributed by atoms with Gasteiger partial charge < -0.3 is 28.6 Å². The molecule has 51 heavy (non-hydrogen) atoms. The van der Waals surface area contributed by atoms with Crippen LogP contribution < -0.4 is 5.11 Å². The Morgan fingerprint density at radius 1 is 0.588 bits per heavy atom. The van der Waals surface area contributed by atoms with Crippen molar-refractivity contribution in [1.82, 2.24) is 0 Å². The average molecular weight is 722 g/mol. The van der Waals surface area contributed by atoms with E-state index in [9.17, 15) is 19.5 Å². The molecule has 0 aromatic carbocycles. The van der Waals surface area contributed by atoms with Gasteiger partial charge in [-0.2, -0.15) is 0 Å². The van der Waals surface area contributed by atoms with E-state index in [1.165, 1.54) is 96.3 Å². The molecule has 0 aromatic rings. The number of quaternary nitrogens is 1. The first-order valence-electron chi connectivity index (χ1n) is 20.9. The molecule has 2 atom stereocenters. The zero-order chi connectivity index (χ0) is 37.8. The Balaban J connectivity index is 4.33. The second-order valence-corrected chi connectivity index (χ2v) is 15.2. The van der Waals surface area contributed by atoms with Crippen molar-refractivity contribution < 1.29 is 38.2 Å². The van der Waals surface area contributed by atoms with Crippen molar-refractivity contribution in [3.63, 3.8) is 0 Å². The summed E-state index contributed by atoms with van der Waals surface area (Å²) in [5, 5.41) is 11.6. The molecule has 0 aliphatic carbocycles. The lowest BCUT2D eigenvalue weighted by atomic mass is 10.1. The molecule has 0 saturated carbocycles. The van der Waals surface area contributed by atoms with Crippen LogP contribution in [0.2, 0.25) is 0 Å². The van der Waals surface area contributed by atoms with Gasteiger partial charge >= 0.3 is 11.9 Å². The van der Waals surface area contributed by atoms with Crippen LogP contribution in [0.3, 0.4) is 0 Å². The molecule has 2 unspecified atom stereocenters. The summed E-state index contributed by atoms with van der Waals surface area (Å²) in [5.74, 6) is -1.74. The number of carboxylic acids is 1. The van der Waals surface area contributed by atoms with Crippen molar-refractivity contribution in [2.24, 2.45) is 0 Å². The van der Waals surface area contributed by atoms with E-state index >= 15 is 0 Å². The minimum Gasteiger partial charge on any atom is -0.544 e. The number of esters is 2. The van der Waals surface area contributed by atoms with Gasteiger partial charge in [0, 0.05) is 19.3 Å². The number of nitrogens with zero attached hydrogens (tertiary/aromatic N) is 1. The highest BCUT2D eigenvalue weighted by Crippen LogP contribution is 2.14. The van der Waals surface area contributed by atoms with Gasteiger partial charge in [0.1, 0.15) is 12.6 Å². The van der Waals surface area contributed by atoms with Gasteiger partial charge in [0.05, 0.1) is 40.3 Å². The molecule has 0 aliphatic heterocycles. The highest BCUT2D eigenvalue weighted by Gasteiger charge is 2.25. The zero-order valence-corrected chi connectivity index (χ0v) is 33.8. The Morgan fingerprint density at radius 3 is 1.55 bits per heavy atom. The number of carbonyl (C=O) groups is 3. The fraction of sp³-hybridized carbons (Fsp3) is 0.837. The number of ether oxygens (including phenoxy) is 3. The fourth-order valence-corrected chi connectivity index (χ4v) is 6.04. The summed E-state index contributed by atoms with van der Waals surface area (Å²) in [7, 11) is 5.40. The number of hydrogen-bond acceptors (Lipinski definition) is 7. The second-order valence-electron chi connectivity index (χ2n) is 15.2. The molecule has 0 radical (unpaired) electrons. The van der Waals surface area contributed by atoms with Crippen LogP contribution in [-0.4, -0.2) is 75.5 Å². The summed E-state index contributed by atoms with van der Waals surface area (Å²) in [6.45, 7) is 4.62. The van der Waals surface area contributed by atoms with E-state index in [2.05, 4.69) is 38.2 Å². The minimum atomic E-state index is -1.13. The number of carboxylic acid groups (broad SMARTS) is 1. The highest BCUT2D eigenvalue weighted by molar-refractivity contribution is 5.70. The molecule has 0 aromatic heterocycles. The van der Waals surface area contributed by atoms with Crippen molar-refractivity contribution in [3.8, 4) is 0 Å². The molecule has 0 spiro atoms. The quantitative estimate of drug-likeness (QED) is 0.0273. The Kier molecular flexibility index (Phi) is 33.4. The molecule has 0 heterocycles. The Morgan fingerprint density at radius 2 is 1.04 bits per heavy atom. The molecule has 0 N–H and O–H groups in total. The molecule has 8 heteroatoms. The molecule has 0 amide bonds. The molecule has 0 aliphatic rings. The maximum Gasteiger partial charge on any atom is 0.306 e. The predicted molar refractivity (Wildman–Crippen MR) is 208 cm³/mol. The SMILES string of the molecule is CCCCC/C=C/C/C=C/CCCCCCCCCC(=O)OCC(COCCC(C(=O)[O-])[N+](C)(C)C)OC(=O)CCCCCCCCCCCC. The van der Waals surface area contributed by atoms with Gasteiger partial charge in [-0.1, -0.05) is 141 Å². The standard InChI is InChI=1S/C43H79NO7/c1-6-8-10-12-14-16-18-19-20-21-22-23-24-26-27-29-31-33-41(45)50-38-39(37-49-36-35-40(43(47)48)44(3,4)5)51-42(46)34-32-30-28-25-17-15-13-11-9-7-2/h14,16,19-20,39-40H,6-13,15,17-18,21-38H2,1-5H3/b16-14+,20-19+. The van der Waals surface area contributed by atoms with Gasteiger partial charge in [-0.3, -0.25) is 9.59 Å². The summed E-state index contributed by atoms with van der Waals surface area (Å²) in [6, 6.07) is -0.722. The Bertz CT molecular complexity index is 895. The largest absolute Gasteiger partial charge is 0.544 e. The predicted octanol–water partition coefficient (Wildman–Crippen LogP) is 9.58. The van der Waals surface area contributed by atoms with Crippen LogP contribution in [0.5, 0.6) is 0 Å². The molecule has 8 nitrogen and oxygen atoms in total. The molecular formula is C43H79NO7. The lowest BCUT2D eigenvalue weighted by Gasteiger charge is -2.34. The highest BCUT2D eigenvalue weighted by atomic mass is 16.6. The Hall–Kier alpha value is -2.19. The fourth-order valence-electron chi connectivity index (χ4n) is 6.04. The summed E-state index contributed by atoms with van der Waals surface area (Å²) >= 11 is 0. The second kappa shape index (κ2) is 34.9. The number of unbranched alkanes of at least 4 members (excludes halogenated alkanes) is 19. The van der Waals surface area contributed by atoms with Gasteiger partial charge in [-0.05, 0) is 44.9 Å². The van der Waals surface area contributed by atoms with Gasteiger partial charge in [-0.25, -0.2) is 0 Å². The summed E-state index contributed by atoms with van der Waals surface area (Å²) < 4.78 is 17.1. The van der Waals surface area contributed by atoms with Gasteiger partial charge in [0.2, 0.25) is 0 Å². The van der Waals surface area contributed by atoms with Gasteiger partial charge in [-0.15, -0.1) is 0 Å². The van der Waals surface area contributed by atoms with Crippen LogP contribution in [0.25, 0.3) is 0 Å². The lowest BCUT2D eigenvalue weighted by Crippen LogP contribution is -2.55. The van der Waals surface area contributed by atoms with Crippen LogP contribution in [0.4, 0.5) is 0 Å². The third-order valence-electron chi connectivity index (χ3n) is 9.34. The average Bonchev–Trinajstić information content (AvgIpc) is 3.08. The zero-order valence-electron chi connectivity index (χ0n) is 33.8. The van der Waals surface area contributed by atoms with Crippen LogP contribution in [0.15, 0.2) is 24.3 Å². The topological polar surface area (TPSA) is 102 Å². The number of allylic oxidation sites excluding steroid dienone is 4. The summed E-state index contributed by atoms with van der Waals surface area (Å²) in [4.78, 5) is 36.7. The smallest absolute Gasteiger partial charge is 0.306 e. The first-order valence-corrected chi connectivity index (χ1v) is 20.9. The van der Waals surface area contributed by atoms with E-state index in [0.717, 1.165) is 51.4 Å². The van der Waals surface area contributed by atoms with Gasteiger partial charge in [0.15, 0.2) is 6.10 Å². The first-order chi connectivity index (χ1) is 24.6. The van der Waals surface area contributed by atoms with Crippen molar-refractivity contribution in [2.75, 3.05) is 41.0 Å². The van der Waals surface area contributed by atoms with Crippen molar-refractivity contribution >= 4 is 17.9 Å². The van der Waals surface area contributed by atoms with Crippen LogP contribution in [0.1, 0.15) is 181 Å². The van der Waals surface area contributed by atoms with Crippen LogP contribution >= 0.6 is 0 Å². The third-order valence-corrected chi connectivity index (χ3v) is 9.34. The van der Waals surface area contributed by atoms with E-state index in [1.54, 1.807) is 21.1 Å². The molecule has 0 saturated heterocycles. The Labute approximate surface area is 313 Å². The van der Waals surface area contributed by atoms with E-state index < -0.39 is 18.1 Å². The van der Waals surface area contributed by atoms with Crippen LogP contribution in [-0.2, 0) is 28.6 Å². The van der Waals surface area contributed by atoms with Gasteiger partial charge in [0.25, 0.3) is 0 Å². The number of rotatable bonds is 37. The number of aliphatic carboxylic acids is 1. The van der Waals surface area contributed by atoms with E-state index in [4.69, 9.17) is 14.2 Å².